The Labute approximate surface area is 166 Å². The van der Waals surface area contributed by atoms with E-state index in [-0.39, 0.29) is 11.7 Å². The molecule has 1 aliphatic heterocycles. The Kier molecular flexibility index (Phi) is 6.82. The van der Waals surface area contributed by atoms with Crippen LogP contribution in [-0.2, 0) is 17.6 Å². The Hall–Kier alpha value is -2.66. The Bertz CT molecular complexity index is 792. The first kappa shape index (κ1) is 20.1. The first-order chi connectivity index (χ1) is 13.6. The summed E-state index contributed by atoms with van der Waals surface area (Å²) in [6, 6.07) is 15.5. The van der Waals surface area contributed by atoms with Gasteiger partial charge in [-0.3, -0.25) is 14.5 Å². The van der Waals surface area contributed by atoms with Gasteiger partial charge in [-0.2, -0.15) is 0 Å². The first-order valence-corrected chi connectivity index (χ1v) is 9.84. The number of piperazine rings is 1. The highest BCUT2D eigenvalue weighted by molar-refractivity contribution is 5.97. The number of aryl methyl sites for hydroxylation is 1. The van der Waals surface area contributed by atoms with E-state index >= 15 is 0 Å². The van der Waals surface area contributed by atoms with Crippen LogP contribution in [0.3, 0.4) is 0 Å². The minimum atomic E-state index is 0.131. The summed E-state index contributed by atoms with van der Waals surface area (Å²) >= 11 is 0. The maximum atomic E-state index is 12.5. The third kappa shape index (κ3) is 5.20. The smallest absolute Gasteiger partial charge is 0.227 e. The minimum absolute atomic E-state index is 0.131. The lowest BCUT2D eigenvalue weighted by molar-refractivity contribution is -0.132. The second-order valence-corrected chi connectivity index (χ2v) is 7.16. The number of Topliss-reactive ketones (excluding diaryl/α,β-unsaturated/α-hetero) is 1. The van der Waals surface area contributed by atoms with Crippen LogP contribution >= 0.6 is 0 Å². The molecule has 1 heterocycles. The van der Waals surface area contributed by atoms with Crippen molar-refractivity contribution in [2.24, 2.45) is 0 Å². The van der Waals surface area contributed by atoms with Crippen LogP contribution in [-0.4, -0.2) is 61.3 Å². The third-order valence-corrected chi connectivity index (χ3v) is 5.29. The number of ether oxygens (including phenoxy) is 1. The van der Waals surface area contributed by atoms with E-state index in [1.54, 1.807) is 7.11 Å². The molecule has 3 rings (SSSR count). The maximum Gasteiger partial charge on any atom is 0.227 e. The number of methoxy groups -OCH3 is 1. The van der Waals surface area contributed by atoms with Crippen LogP contribution in [0.25, 0.3) is 0 Å². The number of carbonyl (C=O) groups excluding carboxylic acids is 2. The molecule has 0 unspecified atom stereocenters. The lowest BCUT2D eigenvalue weighted by atomic mass is 10.1. The average molecular weight is 380 g/mol. The molecule has 1 saturated heterocycles. The number of amides is 1. The number of benzene rings is 2. The second kappa shape index (κ2) is 9.51. The van der Waals surface area contributed by atoms with E-state index in [4.69, 9.17) is 4.74 Å². The highest BCUT2D eigenvalue weighted by Gasteiger charge is 2.22. The Morgan fingerprint density at radius 1 is 0.893 bits per heavy atom. The van der Waals surface area contributed by atoms with Crippen LogP contribution in [0, 0.1) is 0 Å². The van der Waals surface area contributed by atoms with Crippen molar-refractivity contribution in [1.29, 1.82) is 0 Å². The van der Waals surface area contributed by atoms with E-state index in [2.05, 4.69) is 11.8 Å². The van der Waals surface area contributed by atoms with Crippen molar-refractivity contribution >= 4 is 11.7 Å². The summed E-state index contributed by atoms with van der Waals surface area (Å²) < 4.78 is 5.15. The summed E-state index contributed by atoms with van der Waals surface area (Å²) in [6.45, 7) is 5.30. The van der Waals surface area contributed by atoms with Crippen molar-refractivity contribution in [3.8, 4) is 5.75 Å². The fourth-order valence-electron chi connectivity index (χ4n) is 3.41. The van der Waals surface area contributed by atoms with Crippen molar-refractivity contribution < 1.29 is 14.3 Å². The van der Waals surface area contributed by atoms with Gasteiger partial charge in [0.15, 0.2) is 5.78 Å². The minimum Gasteiger partial charge on any atom is -0.497 e. The standard InChI is InChI=1S/C23H28N2O3/c1-3-18-4-8-20(9-5-18)22(26)17-24-12-14-25(15-13-24)23(27)16-19-6-10-21(28-2)11-7-19/h4-11H,3,12-17H2,1-2H3. The molecule has 148 valence electrons. The molecule has 0 aromatic heterocycles. The van der Waals surface area contributed by atoms with Crippen LogP contribution < -0.4 is 4.74 Å². The Morgan fingerprint density at radius 2 is 1.50 bits per heavy atom. The fraction of sp³-hybridized carbons (Fsp3) is 0.391. The topological polar surface area (TPSA) is 49.9 Å². The fourth-order valence-corrected chi connectivity index (χ4v) is 3.41. The Morgan fingerprint density at radius 3 is 2.07 bits per heavy atom. The molecule has 0 N–H and O–H groups in total. The molecule has 0 aliphatic carbocycles. The zero-order chi connectivity index (χ0) is 19.9. The van der Waals surface area contributed by atoms with Crippen molar-refractivity contribution in [2.45, 2.75) is 19.8 Å². The maximum absolute atomic E-state index is 12.5. The predicted octanol–water partition coefficient (Wildman–Crippen LogP) is 2.83. The number of carbonyl (C=O) groups is 2. The lowest BCUT2D eigenvalue weighted by Crippen LogP contribution is -2.50. The van der Waals surface area contributed by atoms with Crippen molar-refractivity contribution in [3.63, 3.8) is 0 Å². The molecular formula is C23H28N2O3. The number of hydrogen-bond donors (Lipinski definition) is 0. The van der Waals surface area contributed by atoms with Gasteiger partial charge in [0, 0.05) is 31.7 Å². The Balaban J connectivity index is 1.46. The van der Waals surface area contributed by atoms with E-state index in [0.29, 0.717) is 26.1 Å². The van der Waals surface area contributed by atoms with E-state index in [1.807, 2.05) is 53.4 Å². The van der Waals surface area contributed by atoms with Gasteiger partial charge in [-0.05, 0) is 29.7 Å². The van der Waals surface area contributed by atoms with Gasteiger partial charge >= 0.3 is 0 Å². The molecule has 1 aliphatic rings. The van der Waals surface area contributed by atoms with Gasteiger partial charge in [0.25, 0.3) is 0 Å². The molecule has 2 aromatic rings. The zero-order valence-electron chi connectivity index (χ0n) is 16.7. The zero-order valence-corrected chi connectivity index (χ0v) is 16.7. The third-order valence-electron chi connectivity index (χ3n) is 5.29. The van der Waals surface area contributed by atoms with Gasteiger partial charge in [0.1, 0.15) is 5.75 Å². The number of nitrogens with zero attached hydrogens (tertiary/aromatic N) is 2. The van der Waals surface area contributed by atoms with E-state index < -0.39 is 0 Å². The summed E-state index contributed by atoms with van der Waals surface area (Å²) in [5, 5.41) is 0. The van der Waals surface area contributed by atoms with Crippen LogP contribution in [0.5, 0.6) is 5.75 Å². The van der Waals surface area contributed by atoms with Gasteiger partial charge in [-0.1, -0.05) is 43.3 Å². The van der Waals surface area contributed by atoms with Gasteiger partial charge in [-0.25, -0.2) is 0 Å². The van der Waals surface area contributed by atoms with Crippen molar-refractivity contribution in [3.05, 3.63) is 65.2 Å². The number of ketones is 1. The molecule has 0 spiro atoms. The van der Waals surface area contributed by atoms with Gasteiger partial charge in [0.05, 0.1) is 20.1 Å². The summed E-state index contributed by atoms with van der Waals surface area (Å²) in [5.41, 5.74) is 2.98. The van der Waals surface area contributed by atoms with Crippen molar-refractivity contribution in [2.75, 3.05) is 39.8 Å². The molecule has 2 aromatic carbocycles. The molecule has 0 radical (unpaired) electrons. The molecule has 0 saturated carbocycles. The van der Waals surface area contributed by atoms with Crippen molar-refractivity contribution in [1.82, 2.24) is 9.80 Å². The predicted molar refractivity (Wildman–Crippen MR) is 110 cm³/mol. The summed E-state index contributed by atoms with van der Waals surface area (Å²) in [5.74, 6) is 1.06. The monoisotopic (exact) mass is 380 g/mol. The quantitative estimate of drug-likeness (QED) is 0.693. The van der Waals surface area contributed by atoms with E-state index in [9.17, 15) is 9.59 Å². The first-order valence-electron chi connectivity index (χ1n) is 9.84. The molecule has 1 amide bonds. The van der Waals surface area contributed by atoms with E-state index in [0.717, 1.165) is 36.4 Å². The van der Waals surface area contributed by atoms with Crippen LogP contribution in [0.1, 0.15) is 28.4 Å². The molecule has 0 bridgehead atoms. The normalized spacial score (nSPS) is 14.7. The highest BCUT2D eigenvalue weighted by atomic mass is 16.5. The largest absolute Gasteiger partial charge is 0.497 e. The molecule has 0 atom stereocenters. The van der Waals surface area contributed by atoms with Crippen LogP contribution in [0.4, 0.5) is 0 Å². The van der Waals surface area contributed by atoms with Gasteiger partial charge in [0.2, 0.25) is 5.91 Å². The number of rotatable bonds is 7. The summed E-state index contributed by atoms with van der Waals surface area (Å²) in [4.78, 5) is 29.1. The molecule has 1 fully saturated rings. The molecule has 5 nitrogen and oxygen atoms in total. The van der Waals surface area contributed by atoms with Crippen LogP contribution in [0.15, 0.2) is 48.5 Å². The highest BCUT2D eigenvalue weighted by Crippen LogP contribution is 2.14. The van der Waals surface area contributed by atoms with Gasteiger partial charge in [-0.15, -0.1) is 0 Å². The summed E-state index contributed by atoms with van der Waals surface area (Å²) in [6.07, 6.45) is 1.37. The molecule has 5 heteroatoms. The average Bonchev–Trinajstić information content (AvgIpc) is 2.74. The van der Waals surface area contributed by atoms with Crippen LogP contribution in [0.2, 0.25) is 0 Å². The SMILES string of the molecule is CCc1ccc(C(=O)CN2CCN(C(=O)Cc3ccc(OC)cc3)CC2)cc1. The van der Waals surface area contributed by atoms with Gasteiger partial charge < -0.3 is 9.64 Å². The molecule has 28 heavy (non-hydrogen) atoms. The number of hydrogen-bond acceptors (Lipinski definition) is 4. The molecular weight excluding hydrogens is 352 g/mol. The van der Waals surface area contributed by atoms with E-state index in [1.165, 1.54) is 5.56 Å². The second-order valence-electron chi connectivity index (χ2n) is 7.16. The summed E-state index contributed by atoms with van der Waals surface area (Å²) in [7, 11) is 1.63. The lowest BCUT2D eigenvalue weighted by Gasteiger charge is -2.34.